The number of esters is 1. The molecular weight excluding hydrogens is 342 g/mol. The summed E-state index contributed by atoms with van der Waals surface area (Å²) in [6.07, 6.45) is 0.192. The summed E-state index contributed by atoms with van der Waals surface area (Å²) in [5.74, 6) is -0.120. The van der Waals surface area contributed by atoms with Gasteiger partial charge in [-0.3, -0.25) is 24.6 Å². The number of nitro groups is 1. The molecule has 0 aliphatic heterocycles. The van der Waals surface area contributed by atoms with Crippen molar-refractivity contribution in [3.05, 3.63) is 28.3 Å². The first-order chi connectivity index (χ1) is 12.3. The quantitative estimate of drug-likeness (QED) is 0.383. The molecule has 0 bridgehead atoms. The summed E-state index contributed by atoms with van der Waals surface area (Å²) in [5.41, 5.74) is 0.222. The van der Waals surface area contributed by atoms with Gasteiger partial charge in [0.15, 0.2) is 0 Å². The highest BCUT2D eigenvalue weighted by Crippen LogP contribution is 2.28. The Morgan fingerprint density at radius 2 is 2.00 bits per heavy atom. The summed E-state index contributed by atoms with van der Waals surface area (Å²) in [6.45, 7) is 5.15. The molecule has 9 heteroatoms. The predicted octanol–water partition coefficient (Wildman–Crippen LogP) is 2.06. The highest BCUT2D eigenvalue weighted by atomic mass is 16.6. The monoisotopic (exact) mass is 367 g/mol. The molecule has 0 radical (unpaired) electrons. The number of carbonyl (C=O) groups is 2. The summed E-state index contributed by atoms with van der Waals surface area (Å²) in [5, 5.41) is 13.5. The zero-order chi connectivity index (χ0) is 19.7. The van der Waals surface area contributed by atoms with Crippen LogP contribution < -0.4 is 10.1 Å². The van der Waals surface area contributed by atoms with Crippen LogP contribution in [0, 0.1) is 16.0 Å². The maximum absolute atomic E-state index is 12.3. The van der Waals surface area contributed by atoms with E-state index in [1.807, 2.05) is 18.7 Å². The third-order valence-electron chi connectivity index (χ3n) is 3.52. The van der Waals surface area contributed by atoms with Crippen LogP contribution in [-0.2, 0) is 14.3 Å². The molecule has 1 aromatic carbocycles. The average molecular weight is 367 g/mol. The minimum Gasteiger partial charge on any atom is -0.494 e. The van der Waals surface area contributed by atoms with E-state index in [4.69, 9.17) is 4.74 Å². The number of ether oxygens (including phenoxy) is 2. The smallest absolute Gasteiger partial charge is 0.306 e. The molecule has 9 nitrogen and oxygen atoms in total. The number of rotatable bonds is 10. The second-order valence-corrected chi connectivity index (χ2v) is 6.14. The molecule has 0 unspecified atom stereocenters. The lowest BCUT2D eigenvalue weighted by Gasteiger charge is -2.23. The molecule has 0 spiro atoms. The molecule has 1 N–H and O–H groups in total. The first-order valence-electron chi connectivity index (χ1n) is 8.18. The van der Waals surface area contributed by atoms with E-state index in [9.17, 15) is 19.7 Å². The molecular formula is C17H25N3O6. The van der Waals surface area contributed by atoms with Crippen molar-refractivity contribution in [3.8, 4) is 5.75 Å². The van der Waals surface area contributed by atoms with Crippen molar-refractivity contribution in [2.24, 2.45) is 5.92 Å². The zero-order valence-electron chi connectivity index (χ0n) is 15.5. The van der Waals surface area contributed by atoms with Crippen molar-refractivity contribution < 1.29 is 24.0 Å². The van der Waals surface area contributed by atoms with E-state index in [1.165, 1.54) is 32.4 Å². The Morgan fingerprint density at radius 1 is 1.31 bits per heavy atom. The second kappa shape index (κ2) is 10.3. The van der Waals surface area contributed by atoms with Crippen LogP contribution >= 0.6 is 0 Å². The Labute approximate surface area is 152 Å². The van der Waals surface area contributed by atoms with Gasteiger partial charge in [-0.2, -0.15) is 0 Å². The first kappa shape index (κ1) is 21.4. The Bertz CT molecular complexity index is 647. The van der Waals surface area contributed by atoms with Gasteiger partial charge in [0.25, 0.3) is 5.69 Å². The third kappa shape index (κ3) is 7.06. The number of hydrogen-bond acceptors (Lipinski definition) is 7. The van der Waals surface area contributed by atoms with Crippen molar-refractivity contribution >= 4 is 23.3 Å². The second-order valence-electron chi connectivity index (χ2n) is 6.14. The number of anilines is 1. The van der Waals surface area contributed by atoms with Crippen LogP contribution in [0.1, 0.15) is 20.3 Å². The molecule has 1 aromatic rings. The number of nitrogens with zero attached hydrogens (tertiary/aromatic N) is 2. The van der Waals surface area contributed by atoms with Crippen molar-refractivity contribution in [2.45, 2.75) is 20.3 Å². The Hall–Kier alpha value is -2.68. The van der Waals surface area contributed by atoms with Crippen LogP contribution in [0.3, 0.4) is 0 Å². The molecule has 0 aromatic heterocycles. The van der Waals surface area contributed by atoms with Gasteiger partial charge in [-0.15, -0.1) is 0 Å². The SMILES string of the molecule is COC(=O)CCN(CC(=O)Nc1ccc([N+](=O)[O-])cc1OC)CC(C)C. The van der Waals surface area contributed by atoms with E-state index in [2.05, 4.69) is 10.1 Å². The van der Waals surface area contributed by atoms with Gasteiger partial charge >= 0.3 is 5.97 Å². The molecule has 0 aliphatic rings. The third-order valence-corrected chi connectivity index (χ3v) is 3.52. The summed E-state index contributed by atoms with van der Waals surface area (Å²) in [4.78, 5) is 35.8. The number of amides is 1. The van der Waals surface area contributed by atoms with Gasteiger partial charge in [-0.25, -0.2) is 0 Å². The maximum Gasteiger partial charge on any atom is 0.306 e. The number of nitro benzene ring substituents is 1. The molecule has 1 rings (SSSR count). The fourth-order valence-corrected chi connectivity index (χ4v) is 2.39. The number of nitrogens with one attached hydrogen (secondary N) is 1. The van der Waals surface area contributed by atoms with Crippen molar-refractivity contribution in [3.63, 3.8) is 0 Å². The topological polar surface area (TPSA) is 111 Å². The van der Waals surface area contributed by atoms with Crippen LogP contribution in [0.2, 0.25) is 0 Å². The molecule has 0 aliphatic carbocycles. The van der Waals surface area contributed by atoms with Crippen LogP contribution in [0.5, 0.6) is 5.75 Å². The summed E-state index contributed by atoms with van der Waals surface area (Å²) in [7, 11) is 2.69. The highest BCUT2D eigenvalue weighted by Gasteiger charge is 2.17. The van der Waals surface area contributed by atoms with E-state index in [-0.39, 0.29) is 36.3 Å². The molecule has 0 saturated carbocycles. The summed E-state index contributed by atoms with van der Waals surface area (Å²) >= 11 is 0. The molecule has 144 valence electrons. The molecule has 0 atom stereocenters. The molecule has 26 heavy (non-hydrogen) atoms. The lowest BCUT2D eigenvalue weighted by molar-refractivity contribution is -0.384. The van der Waals surface area contributed by atoms with Crippen LogP contribution in [0.15, 0.2) is 18.2 Å². The Balaban J connectivity index is 2.77. The van der Waals surface area contributed by atoms with Gasteiger partial charge in [0.1, 0.15) is 5.75 Å². The van der Waals surface area contributed by atoms with Gasteiger partial charge in [-0.05, 0) is 12.0 Å². The number of non-ortho nitro benzene ring substituents is 1. The fraction of sp³-hybridized carbons (Fsp3) is 0.529. The average Bonchev–Trinajstić information content (AvgIpc) is 2.58. The molecule has 1 amide bonds. The minimum absolute atomic E-state index is 0.0787. The lowest BCUT2D eigenvalue weighted by atomic mass is 10.2. The minimum atomic E-state index is -0.536. The van der Waals surface area contributed by atoms with Crippen LogP contribution in [0.4, 0.5) is 11.4 Å². The van der Waals surface area contributed by atoms with Gasteiger partial charge in [-0.1, -0.05) is 13.8 Å². The number of carbonyl (C=O) groups excluding carboxylic acids is 2. The zero-order valence-corrected chi connectivity index (χ0v) is 15.5. The summed E-state index contributed by atoms with van der Waals surface area (Å²) in [6, 6.07) is 3.97. The maximum atomic E-state index is 12.3. The van der Waals surface area contributed by atoms with Crippen molar-refractivity contribution in [1.29, 1.82) is 0 Å². The Kier molecular flexibility index (Phi) is 8.50. The molecule has 0 fully saturated rings. The van der Waals surface area contributed by atoms with Crippen molar-refractivity contribution in [2.75, 3.05) is 39.2 Å². The fourth-order valence-electron chi connectivity index (χ4n) is 2.39. The Morgan fingerprint density at radius 3 is 2.54 bits per heavy atom. The number of methoxy groups -OCH3 is 2. The van der Waals surface area contributed by atoms with E-state index in [0.717, 1.165) is 0 Å². The number of hydrogen-bond donors (Lipinski definition) is 1. The van der Waals surface area contributed by atoms with E-state index < -0.39 is 4.92 Å². The molecule has 0 heterocycles. The first-order valence-corrected chi connectivity index (χ1v) is 8.18. The molecule has 0 saturated heterocycles. The van der Waals surface area contributed by atoms with Crippen molar-refractivity contribution in [1.82, 2.24) is 4.90 Å². The van der Waals surface area contributed by atoms with Gasteiger partial charge in [0.05, 0.1) is 43.9 Å². The largest absolute Gasteiger partial charge is 0.494 e. The normalized spacial score (nSPS) is 10.7. The predicted molar refractivity (Wildman–Crippen MR) is 96.2 cm³/mol. The van der Waals surface area contributed by atoms with E-state index >= 15 is 0 Å². The standard InChI is InChI=1S/C17H25N3O6/c1-12(2)10-19(8-7-17(22)26-4)11-16(21)18-14-6-5-13(20(23)24)9-15(14)25-3/h5-6,9,12H,7-8,10-11H2,1-4H3,(H,18,21). The van der Waals surface area contributed by atoms with Gasteiger partial charge in [0, 0.05) is 19.2 Å². The van der Waals surface area contributed by atoms with Gasteiger partial charge < -0.3 is 14.8 Å². The van der Waals surface area contributed by atoms with E-state index in [0.29, 0.717) is 24.7 Å². The van der Waals surface area contributed by atoms with Crippen LogP contribution in [-0.4, -0.2) is 55.6 Å². The van der Waals surface area contributed by atoms with Crippen LogP contribution in [0.25, 0.3) is 0 Å². The summed E-state index contributed by atoms with van der Waals surface area (Å²) < 4.78 is 9.74. The lowest BCUT2D eigenvalue weighted by Crippen LogP contribution is -2.37. The van der Waals surface area contributed by atoms with Gasteiger partial charge in [0.2, 0.25) is 5.91 Å². The van der Waals surface area contributed by atoms with E-state index in [1.54, 1.807) is 0 Å². The highest BCUT2D eigenvalue weighted by molar-refractivity contribution is 5.94. The number of benzene rings is 1.